The number of nitrogens with zero attached hydrogens (tertiary/aromatic N) is 2. The molecule has 2 heterocycles. The van der Waals surface area contributed by atoms with E-state index in [2.05, 4.69) is 25.0 Å². The van der Waals surface area contributed by atoms with E-state index in [0.717, 1.165) is 35.8 Å². The van der Waals surface area contributed by atoms with Gasteiger partial charge in [0, 0.05) is 12.5 Å². The highest BCUT2D eigenvalue weighted by Gasteiger charge is 2.23. The van der Waals surface area contributed by atoms with Crippen molar-refractivity contribution in [2.45, 2.75) is 32.4 Å². The Morgan fingerprint density at radius 3 is 2.90 bits per heavy atom. The molecule has 1 aliphatic heterocycles. The van der Waals surface area contributed by atoms with Crippen LogP contribution in [0.4, 0.5) is 0 Å². The van der Waals surface area contributed by atoms with Crippen LogP contribution < -0.4 is 15.2 Å². The summed E-state index contributed by atoms with van der Waals surface area (Å²) in [6, 6.07) is 6.11. The van der Waals surface area contributed by atoms with Crippen molar-refractivity contribution in [2.24, 2.45) is 5.73 Å². The van der Waals surface area contributed by atoms with Crippen molar-refractivity contribution in [2.75, 3.05) is 13.7 Å². The Bertz CT molecular complexity index is 649. The molecule has 1 unspecified atom stereocenters. The first-order valence-corrected chi connectivity index (χ1v) is 7.24. The number of ether oxygens (including phenoxy) is 2. The van der Waals surface area contributed by atoms with Gasteiger partial charge in [0.15, 0.2) is 5.75 Å². The second kappa shape index (κ2) is 5.41. The molecule has 0 bridgehead atoms. The molecule has 5 heteroatoms. The molecule has 112 valence electrons. The summed E-state index contributed by atoms with van der Waals surface area (Å²) < 4.78 is 12.9. The molecule has 0 amide bonds. The summed E-state index contributed by atoms with van der Waals surface area (Å²) in [5.41, 5.74) is 9.67. The highest BCUT2D eigenvalue weighted by Crippen LogP contribution is 2.33. The molecule has 1 aliphatic rings. The zero-order valence-corrected chi connectivity index (χ0v) is 12.7. The lowest BCUT2D eigenvalue weighted by atomic mass is 10.00. The van der Waals surface area contributed by atoms with Gasteiger partial charge in [0.05, 0.1) is 26.0 Å². The fourth-order valence-corrected chi connectivity index (χ4v) is 2.78. The number of fused-ring (bicyclic) bond motifs is 1. The molecule has 2 aromatic rings. The summed E-state index contributed by atoms with van der Waals surface area (Å²) in [5, 5.41) is 4.39. The standard InChI is InChI=1S/C16H21N3O2/c1-10(2)19-16(14(20-3)9-18-19)15(17)12-4-5-13-11(8-12)6-7-21-13/h4-5,8-10,15H,6-7,17H2,1-3H3. The lowest BCUT2D eigenvalue weighted by Crippen LogP contribution is -2.19. The van der Waals surface area contributed by atoms with Crippen LogP contribution in [0.3, 0.4) is 0 Å². The summed E-state index contributed by atoms with van der Waals surface area (Å²) in [6.07, 6.45) is 2.67. The lowest BCUT2D eigenvalue weighted by molar-refractivity contribution is 0.357. The van der Waals surface area contributed by atoms with E-state index in [9.17, 15) is 0 Å². The second-order valence-electron chi connectivity index (χ2n) is 5.58. The van der Waals surface area contributed by atoms with E-state index in [0.29, 0.717) is 0 Å². The molecule has 0 saturated heterocycles. The van der Waals surface area contributed by atoms with Crippen molar-refractivity contribution in [1.29, 1.82) is 0 Å². The average Bonchev–Trinajstić information content (AvgIpc) is 3.11. The van der Waals surface area contributed by atoms with Crippen molar-refractivity contribution < 1.29 is 9.47 Å². The molecule has 21 heavy (non-hydrogen) atoms. The topological polar surface area (TPSA) is 62.3 Å². The normalized spacial score (nSPS) is 14.9. The Hall–Kier alpha value is -2.01. The summed E-state index contributed by atoms with van der Waals surface area (Å²) in [7, 11) is 1.65. The molecule has 1 aromatic carbocycles. The van der Waals surface area contributed by atoms with Gasteiger partial charge in [0.1, 0.15) is 11.4 Å². The van der Waals surface area contributed by atoms with E-state index < -0.39 is 0 Å². The molecule has 2 N–H and O–H groups in total. The minimum Gasteiger partial charge on any atom is -0.493 e. The third-order valence-electron chi connectivity index (χ3n) is 3.87. The first-order valence-electron chi connectivity index (χ1n) is 7.24. The first kappa shape index (κ1) is 13.9. The summed E-state index contributed by atoms with van der Waals surface area (Å²) in [5.74, 6) is 1.70. The van der Waals surface area contributed by atoms with Gasteiger partial charge in [-0.2, -0.15) is 5.10 Å². The predicted molar refractivity (Wildman–Crippen MR) is 80.8 cm³/mol. The lowest BCUT2D eigenvalue weighted by Gasteiger charge is -2.19. The minimum atomic E-state index is -0.268. The predicted octanol–water partition coefficient (Wildman–Crippen LogP) is 2.46. The Morgan fingerprint density at radius 1 is 1.38 bits per heavy atom. The number of rotatable bonds is 4. The van der Waals surface area contributed by atoms with E-state index in [1.807, 2.05) is 16.8 Å². The number of methoxy groups -OCH3 is 1. The van der Waals surface area contributed by atoms with Crippen LogP contribution in [0.5, 0.6) is 11.5 Å². The minimum absolute atomic E-state index is 0.229. The van der Waals surface area contributed by atoms with Crippen LogP contribution in [-0.4, -0.2) is 23.5 Å². The average molecular weight is 287 g/mol. The van der Waals surface area contributed by atoms with Gasteiger partial charge in [0.2, 0.25) is 0 Å². The van der Waals surface area contributed by atoms with Crippen molar-refractivity contribution in [3.8, 4) is 11.5 Å². The van der Waals surface area contributed by atoms with Crippen LogP contribution >= 0.6 is 0 Å². The van der Waals surface area contributed by atoms with Gasteiger partial charge < -0.3 is 15.2 Å². The van der Waals surface area contributed by atoms with E-state index >= 15 is 0 Å². The largest absolute Gasteiger partial charge is 0.493 e. The van der Waals surface area contributed by atoms with Crippen LogP contribution in [-0.2, 0) is 6.42 Å². The maximum absolute atomic E-state index is 6.49. The molecule has 3 rings (SSSR count). The van der Waals surface area contributed by atoms with Gasteiger partial charge in [-0.15, -0.1) is 0 Å². The van der Waals surface area contributed by atoms with Crippen LogP contribution in [0.15, 0.2) is 24.4 Å². The summed E-state index contributed by atoms with van der Waals surface area (Å²) >= 11 is 0. The van der Waals surface area contributed by atoms with E-state index in [4.69, 9.17) is 15.2 Å². The maximum atomic E-state index is 6.49. The Kier molecular flexibility index (Phi) is 3.59. The summed E-state index contributed by atoms with van der Waals surface area (Å²) in [6.45, 7) is 4.92. The van der Waals surface area contributed by atoms with Crippen LogP contribution in [0, 0.1) is 0 Å². The Balaban J connectivity index is 2.02. The van der Waals surface area contributed by atoms with E-state index in [1.54, 1.807) is 13.3 Å². The molecule has 5 nitrogen and oxygen atoms in total. The molecule has 0 spiro atoms. The van der Waals surface area contributed by atoms with Crippen molar-refractivity contribution >= 4 is 0 Å². The van der Waals surface area contributed by atoms with Gasteiger partial charge in [-0.1, -0.05) is 12.1 Å². The number of nitrogens with two attached hydrogens (primary N) is 1. The van der Waals surface area contributed by atoms with Gasteiger partial charge in [-0.25, -0.2) is 0 Å². The van der Waals surface area contributed by atoms with Crippen molar-refractivity contribution in [3.05, 3.63) is 41.2 Å². The molecule has 0 aliphatic carbocycles. The summed E-state index contributed by atoms with van der Waals surface area (Å²) in [4.78, 5) is 0. The molecule has 0 saturated carbocycles. The fourth-order valence-electron chi connectivity index (χ4n) is 2.78. The van der Waals surface area contributed by atoms with E-state index in [1.165, 1.54) is 5.56 Å². The van der Waals surface area contributed by atoms with Crippen molar-refractivity contribution in [1.82, 2.24) is 9.78 Å². The smallest absolute Gasteiger partial charge is 0.161 e. The molecule has 0 fully saturated rings. The molecule has 1 atom stereocenters. The number of hydrogen-bond acceptors (Lipinski definition) is 4. The third-order valence-corrected chi connectivity index (χ3v) is 3.87. The molecular weight excluding hydrogens is 266 g/mol. The van der Waals surface area contributed by atoms with Gasteiger partial charge in [0.25, 0.3) is 0 Å². The first-order chi connectivity index (χ1) is 10.1. The highest BCUT2D eigenvalue weighted by atomic mass is 16.5. The maximum Gasteiger partial charge on any atom is 0.161 e. The van der Waals surface area contributed by atoms with E-state index in [-0.39, 0.29) is 12.1 Å². The Labute approximate surface area is 124 Å². The van der Waals surface area contributed by atoms with Crippen LogP contribution in [0.1, 0.15) is 42.8 Å². The monoisotopic (exact) mass is 287 g/mol. The van der Waals surface area contributed by atoms with Gasteiger partial charge >= 0.3 is 0 Å². The number of hydrogen-bond donors (Lipinski definition) is 1. The third kappa shape index (κ3) is 2.38. The molecular formula is C16H21N3O2. The van der Waals surface area contributed by atoms with Gasteiger partial charge in [-0.05, 0) is 31.0 Å². The number of benzene rings is 1. The second-order valence-corrected chi connectivity index (χ2v) is 5.58. The zero-order valence-electron chi connectivity index (χ0n) is 12.7. The van der Waals surface area contributed by atoms with Crippen LogP contribution in [0.2, 0.25) is 0 Å². The van der Waals surface area contributed by atoms with Crippen LogP contribution in [0.25, 0.3) is 0 Å². The highest BCUT2D eigenvalue weighted by molar-refractivity contribution is 5.44. The fraction of sp³-hybridized carbons (Fsp3) is 0.438. The zero-order chi connectivity index (χ0) is 15.0. The quantitative estimate of drug-likeness (QED) is 0.938. The molecule has 0 radical (unpaired) electrons. The molecule has 1 aromatic heterocycles. The van der Waals surface area contributed by atoms with Crippen molar-refractivity contribution in [3.63, 3.8) is 0 Å². The SMILES string of the molecule is COc1cnn(C(C)C)c1C(N)c1ccc2c(c1)CCO2. The van der Waals surface area contributed by atoms with Gasteiger partial charge in [-0.3, -0.25) is 4.68 Å². The Morgan fingerprint density at radius 2 is 2.19 bits per heavy atom. The number of aromatic nitrogens is 2.